The van der Waals surface area contributed by atoms with E-state index in [2.05, 4.69) is 4.98 Å². The Bertz CT molecular complexity index is 825. The van der Waals surface area contributed by atoms with E-state index in [1.807, 2.05) is 25.1 Å². The number of nitrogens with zero attached hydrogens (tertiary/aromatic N) is 1. The summed E-state index contributed by atoms with van der Waals surface area (Å²) in [4.78, 5) is 4.10. The smallest absolute Gasteiger partial charge is 0.282 e. The SMILES string of the molecule is CC1=CC(c2cccnc2)=C2C=C(C)C(S(=O)(=O)O)=C12. The minimum absolute atomic E-state index is 0.0140. The van der Waals surface area contributed by atoms with Crippen molar-refractivity contribution in [2.24, 2.45) is 0 Å². The van der Waals surface area contributed by atoms with E-state index in [1.54, 1.807) is 25.4 Å². The van der Waals surface area contributed by atoms with Gasteiger partial charge in [-0.05, 0) is 48.3 Å². The number of rotatable bonds is 2. The van der Waals surface area contributed by atoms with E-state index < -0.39 is 10.1 Å². The molecule has 20 heavy (non-hydrogen) atoms. The molecule has 0 aliphatic heterocycles. The van der Waals surface area contributed by atoms with E-state index in [9.17, 15) is 13.0 Å². The summed E-state index contributed by atoms with van der Waals surface area (Å²) in [6.45, 7) is 3.53. The first-order chi connectivity index (χ1) is 9.39. The van der Waals surface area contributed by atoms with E-state index in [0.717, 1.165) is 22.3 Å². The van der Waals surface area contributed by atoms with Crippen LogP contribution in [-0.4, -0.2) is 18.0 Å². The molecular weight excluding hydrogens is 274 g/mol. The lowest BCUT2D eigenvalue weighted by Gasteiger charge is -2.04. The van der Waals surface area contributed by atoms with Gasteiger partial charge in [-0.15, -0.1) is 0 Å². The van der Waals surface area contributed by atoms with Crippen LogP contribution in [0.25, 0.3) is 5.57 Å². The number of hydrogen-bond donors (Lipinski definition) is 1. The average Bonchev–Trinajstić information content (AvgIpc) is 2.87. The minimum Gasteiger partial charge on any atom is -0.282 e. The Kier molecular flexibility index (Phi) is 2.77. The molecule has 0 saturated carbocycles. The number of hydrogen-bond acceptors (Lipinski definition) is 3. The van der Waals surface area contributed by atoms with E-state index in [0.29, 0.717) is 11.1 Å². The second kappa shape index (κ2) is 4.26. The molecule has 102 valence electrons. The highest BCUT2D eigenvalue weighted by molar-refractivity contribution is 7.90. The van der Waals surface area contributed by atoms with Crippen molar-refractivity contribution < 1.29 is 13.0 Å². The van der Waals surface area contributed by atoms with E-state index >= 15 is 0 Å². The molecule has 0 unspecified atom stereocenters. The van der Waals surface area contributed by atoms with Gasteiger partial charge in [-0.25, -0.2) is 0 Å². The summed E-state index contributed by atoms with van der Waals surface area (Å²) in [5.74, 6) is 0. The molecule has 2 aliphatic carbocycles. The van der Waals surface area contributed by atoms with Gasteiger partial charge in [0.25, 0.3) is 10.1 Å². The third-order valence-electron chi connectivity index (χ3n) is 3.49. The van der Waals surface area contributed by atoms with Crippen molar-refractivity contribution in [1.82, 2.24) is 4.98 Å². The standard InChI is InChI=1S/C15H13NO3S/c1-9-6-12(11-4-3-5-16-8-11)13-7-10(2)15(14(9)13)20(17,18)19/h3-8H,1-2H3,(H,17,18,19). The van der Waals surface area contributed by atoms with Crippen LogP contribution in [0.4, 0.5) is 0 Å². The van der Waals surface area contributed by atoms with Crippen molar-refractivity contribution in [2.45, 2.75) is 13.8 Å². The maximum atomic E-state index is 11.6. The van der Waals surface area contributed by atoms with Crippen LogP contribution in [0.5, 0.6) is 0 Å². The van der Waals surface area contributed by atoms with Crippen LogP contribution >= 0.6 is 0 Å². The lowest BCUT2D eigenvalue weighted by Crippen LogP contribution is -2.04. The van der Waals surface area contributed by atoms with E-state index in [-0.39, 0.29) is 4.91 Å². The highest BCUT2D eigenvalue weighted by atomic mass is 32.2. The molecule has 1 N–H and O–H groups in total. The number of fused-ring (bicyclic) bond motifs is 1. The number of pyridine rings is 1. The quantitative estimate of drug-likeness (QED) is 0.849. The van der Waals surface area contributed by atoms with Gasteiger partial charge in [0.1, 0.15) is 4.91 Å². The maximum absolute atomic E-state index is 11.6. The number of allylic oxidation sites excluding steroid dienone is 7. The van der Waals surface area contributed by atoms with Crippen LogP contribution < -0.4 is 0 Å². The van der Waals surface area contributed by atoms with Crippen molar-refractivity contribution in [1.29, 1.82) is 0 Å². The predicted octanol–water partition coefficient (Wildman–Crippen LogP) is 2.90. The van der Waals surface area contributed by atoms with Gasteiger partial charge in [0.05, 0.1) is 0 Å². The third-order valence-corrected chi connectivity index (χ3v) is 4.53. The topological polar surface area (TPSA) is 67.3 Å². The van der Waals surface area contributed by atoms with Crippen molar-refractivity contribution in [3.63, 3.8) is 0 Å². The first kappa shape index (κ1) is 13.0. The van der Waals surface area contributed by atoms with Gasteiger partial charge in [-0.3, -0.25) is 9.54 Å². The van der Waals surface area contributed by atoms with Crippen LogP contribution in [0, 0.1) is 0 Å². The van der Waals surface area contributed by atoms with Gasteiger partial charge in [0.15, 0.2) is 0 Å². The van der Waals surface area contributed by atoms with Crippen molar-refractivity contribution in [3.05, 3.63) is 69.4 Å². The molecule has 2 aliphatic rings. The van der Waals surface area contributed by atoms with Gasteiger partial charge in [0, 0.05) is 23.5 Å². The first-order valence-corrected chi connectivity index (χ1v) is 7.58. The molecule has 0 fully saturated rings. The fourth-order valence-corrected chi connectivity index (χ4v) is 3.73. The van der Waals surface area contributed by atoms with Crippen molar-refractivity contribution >= 4 is 15.7 Å². The lowest BCUT2D eigenvalue weighted by atomic mass is 10.0. The Morgan fingerprint density at radius 2 is 1.80 bits per heavy atom. The summed E-state index contributed by atoms with van der Waals surface area (Å²) >= 11 is 0. The van der Waals surface area contributed by atoms with Crippen LogP contribution in [0.2, 0.25) is 0 Å². The zero-order chi connectivity index (χ0) is 14.5. The Morgan fingerprint density at radius 3 is 2.40 bits per heavy atom. The van der Waals surface area contributed by atoms with Gasteiger partial charge in [-0.2, -0.15) is 8.42 Å². The van der Waals surface area contributed by atoms with Crippen molar-refractivity contribution in [3.8, 4) is 0 Å². The lowest BCUT2D eigenvalue weighted by molar-refractivity contribution is 0.491. The molecule has 0 saturated heterocycles. The maximum Gasteiger partial charge on any atom is 0.295 e. The second-order valence-corrected chi connectivity index (χ2v) is 6.26. The van der Waals surface area contributed by atoms with Crippen LogP contribution in [0.3, 0.4) is 0 Å². The molecule has 0 bridgehead atoms. The Balaban J connectivity index is 2.30. The molecule has 0 spiro atoms. The molecule has 1 aromatic heterocycles. The number of aromatic nitrogens is 1. The molecular formula is C15H13NO3S. The zero-order valence-corrected chi connectivity index (χ0v) is 11.9. The molecule has 0 aromatic carbocycles. The van der Waals surface area contributed by atoms with Crippen LogP contribution in [-0.2, 0) is 10.1 Å². The summed E-state index contributed by atoms with van der Waals surface area (Å²) < 4.78 is 32.6. The highest BCUT2D eigenvalue weighted by Crippen LogP contribution is 2.46. The summed E-state index contributed by atoms with van der Waals surface area (Å²) in [5, 5.41) is 0. The van der Waals surface area contributed by atoms with E-state index in [4.69, 9.17) is 0 Å². The summed E-state index contributed by atoms with van der Waals surface area (Å²) in [5.41, 5.74) is 4.69. The Morgan fingerprint density at radius 1 is 1.10 bits per heavy atom. The molecule has 0 amide bonds. The average molecular weight is 287 g/mol. The van der Waals surface area contributed by atoms with Gasteiger partial charge in [0.2, 0.25) is 0 Å². The molecule has 1 heterocycles. The molecule has 1 aromatic rings. The third kappa shape index (κ3) is 1.87. The predicted molar refractivity (Wildman–Crippen MR) is 77.2 cm³/mol. The van der Waals surface area contributed by atoms with Crippen LogP contribution in [0.1, 0.15) is 19.4 Å². The molecule has 5 heteroatoms. The molecule has 0 radical (unpaired) electrons. The molecule has 3 rings (SSSR count). The van der Waals surface area contributed by atoms with E-state index in [1.165, 1.54) is 0 Å². The fraction of sp³-hybridized carbons (Fsp3) is 0.133. The normalized spacial score (nSPS) is 18.4. The zero-order valence-electron chi connectivity index (χ0n) is 11.1. The molecule has 0 atom stereocenters. The largest absolute Gasteiger partial charge is 0.295 e. The second-order valence-electron chi connectivity index (χ2n) is 4.90. The minimum atomic E-state index is -4.22. The Labute approximate surface area is 117 Å². The van der Waals surface area contributed by atoms with Gasteiger partial charge in [-0.1, -0.05) is 12.1 Å². The monoisotopic (exact) mass is 287 g/mol. The highest BCUT2D eigenvalue weighted by Gasteiger charge is 2.33. The van der Waals surface area contributed by atoms with Crippen molar-refractivity contribution in [2.75, 3.05) is 0 Å². The summed E-state index contributed by atoms with van der Waals surface area (Å²) in [6.07, 6.45) is 7.16. The van der Waals surface area contributed by atoms with Gasteiger partial charge < -0.3 is 0 Å². The van der Waals surface area contributed by atoms with Crippen LogP contribution in [0.15, 0.2) is 63.9 Å². The first-order valence-electron chi connectivity index (χ1n) is 6.14. The summed E-state index contributed by atoms with van der Waals surface area (Å²) in [7, 11) is -4.22. The fourth-order valence-electron chi connectivity index (χ4n) is 2.74. The molecule has 4 nitrogen and oxygen atoms in total. The van der Waals surface area contributed by atoms with Gasteiger partial charge >= 0.3 is 0 Å². The summed E-state index contributed by atoms with van der Waals surface area (Å²) in [6, 6.07) is 3.76. The Hall–Kier alpha value is -1.98.